The second-order valence-corrected chi connectivity index (χ2v) is 7.52. The molecule has 8 nitrogen and oxygen atoms in total. The zero-order chi connectivity index (χ0) is 20.4. The number of hydrogen-bond donors (Lipinski definition) is 0. The second kappa shape index (κ2) is 8.24. The minimum atomic E-state index is -0.0435. The number of fused-ring (bicyclic) bond motifs is 1. The molecule has 0 atom stereocenters. The SMILES string of the molecule is COc1cc2c(cc1OC)CN(c1ccc(C(=O)N3CCN(C)CC3)nn1)CC2. The summed E-state index contributed by atoms with van der Waals surface area (Å²) in [6, 6.07) is 7.75. The molecule has 4 rings (SSSR count). The fraction of sp³-hybridized carbons (Fsp3) is 0.476. The molecule has 2 aliphatic heterocycles. The first kappa shape index (κ1) is 19.4. The molecule has 1 fully saturated rings. The van der Waals surface area contributed by atoms with Crippen LogP contribution in [0.3, 0.4) is 0 Å². The summed E-state index contributed by atoms with van der Waals surface area (Å²) in [4.78, 5) is 18.9. The van der Waals surface area contributed by atoms with E-state index in [1.807, 2.05) is 17.0 Å². The summed E-state index contributed by atoms with van der Waals surface area (Å²) in [6.45, 7) is 4.79. The molecule has 29 heavy (non-hydrogen) atoms. The Hall–Kier alpha value is -2.87. The van der Waals surface area contributed by atoms with Crippen LogP contribution in [0.5, 0.6) is 11.5 Å². The summed E-state index contributed by atoms with van der Waals surface area (Å²) >= 11 is 0. The van der Waals surface area contributed by atoms with Crippen molar-refractivity contribution in [1.29, 1.82) is 0 Å². The first-order valence-electron chi connectivity index (χ1n) is 9.89. The van der Waals surface area contributed by atoms with Crippen LogP contribution in [0.15, 0.2) is 24.3 Å². The Balaban J connectivity index is 1.47. The van der Waals surface area contributed by atoms with Crippen LogP contribution in [0.25, 0.3) is 0 Å². The van der Waals surface area contributed by atoms with E-state index in [0.717, 1.165) is 63.0 Å². The van der Waals surface area contributed by atoms with Gasteiger partial charge in [0.25, 0.3) is 5.91 Å². The zero-order valence-corrected chi connectivity index (χ0v) is 17.2. The van der Waals surface area contributed by atoms with Gasteiger partial charge in [-0.15, -0.1) is 10.2 Å². The lowest BCUT2D eigenvalue weighted by Gasteiger charge is -2.32. The van der Waals surface area contributed by atoms with Crippen LogP contribution in [0, 0.1) is 0 Å². The molecule has 1 aromatic carbocycles. The molecule has 1 amide bonds. The highest BCUT2D eigenvalue weighted by molar-refractivity contribution is 5.92. The molecular weight excluding hydrogens is 370 g/mol. The summed E-state index contributed by atoms with van der Waals surface area (Å²) in [5.41, 5.74) is 2.85. The number of likely N-dealkylation sites (N-methyl/N-ethyl adjacent to an activating group) is 1. The molecule has 8 heteroatoms. The van der Waals surface area contributed by atoms with Crippen molar-refractivity contribution in [2.24, 2.45) is 0 Å². The van der Waals surface area contributed by atoms with Crippen molar-refractivity contribution in [2.45, 2.75) is 13.0 Å². The Labute approximate surface area is 171 Å². The standard InChI is InChI=1S/C21H27N5O3/c1-24-8-10-25(11-9-24)21(27)17-4-5-20(23-22-17)26-7-6-15-12-18(28-2)19(29-3)13-16(15)14-26/h4-5,12-13H,6-11,14H2,1-3H3. The lowest BCUT2D eigenvalue weighted by molar-refractivity contribution is 0.0657. The second-order valence-electron chi connectivity index (χ2n) is 7.52. The van der Waals surface area contributed by atoms with Gasteiger partial charge in [-0.1, -0.05) is 0 Å². The number of methoxy groups -OCH3 is 2. The van der Waals surface area contributed by atoms with Crippen LogP contribution < -0.4 is 14.4 Å². The Kier molecular flexibility index (Phi) is 5.53. The van der Waals surface area contributed by atoms with E-state index in [9.17, 15) is 4.79 Å². The van der Waals surface area contributed by atoms with E-state index < -0.39 is 0 Å². The van der Waals surface area contributed by atoms with Crippen molar-refractivity contribution >= 4 is 11.7 Å². The third-order valence-electron chi connectivity index (χ3n) is 5.70. The Morgan fingerprint density at radius 3 is 2.24 bits per heavy atom. The number of benzene rings is 1. The van der Waals surface area contributed by atoms with Crippen LogP contribution in [-0.4, -0.2) is 79.9 Å². The number of aromatic nitrogens is 2. The molecule has 0 spiro atoms. The molecule has 0 saturated carbocycles. The highest BCUT2D eigenvalue weighted by atomic mass is 16.5. The van der Waals surface area contributed by atoms with Gasteiger partial charge < -0.3 is 24.2 Å². The van der Waals surface area contributed by atoms with Crippen LogP contribution in [0.2, 0.25) is 0 Å². The topological polar surface area (TPSA) is 71.0 Å². The van der Waals surface area contributed by atoms with E-state index >= 15 is 0 Å². The number of nitrogens with zero attached hydrogens (tertiary/aromatic N) is 5. The van der Waals surface area contributed by atoms with Gasteiger partial charge in [-0.3, -0.25) is 4.79 Å². The smallest absolute Gasteiger partial charge is 0.274 e. The number of carbonyl (C=O) groups is 1. The molecule has 1 saturated heterocycles. The maximum Gasteiger partial charge on any atom is 0.274 e. The highest BCUT2D eigenvalue weighted by Crippen LogP contribution is 2.34. The average Bonchev–Trinajstić information content (AvgIpc) is 2.78. The lowest BCUT2D eigenvalue weighted by atomic mass is 9.99. The lowest BCUT2D eigenvalue weighted by Crippen LogP contribution is -2.47. The quantitative estimate of drug-likeness (QED) is 0.773. The predicted octanol–water partition coefficient (Wildman–Crippen LogP) is 1.44. The van der Waals surface area contributed by atoms with Crippen LogP contribution >= 0.6 is 0 Å². The number of hydrogen-bond acceptors (Lipinski definition) is 7. The normalized spacial score (nSPS) is 17.1. The Morgan fingerprint density at radius 1 is 0.931 bits per heavy atom. The third kappa shape index (κ3) is 3.98. The van der Waals surface area contributed by atoms with Gasteiger partial charge in [-0.25, -0.2) is 0 Å². The monoisotopic (exact) mass is 397 g/mol. The van der Waals surface area contributed by atoms with Crippen molar-refractivity contribution < 1.29 is 14.3 Å². The molecule has 0 bridgehead atoms. The average molecular weight is 397 g/mol. The van der Waals surface area contributed by atoms with Gasteiger partial charge in [0.15, 0.2) is 23.0 Å². The molecule has 0 aliphatic carbocycles. The van der Waals surface area contributed by atoms with Gasteiger partial charge in [0, 0.05) is 39.3 Å². The first-order chi connectivity index (χ1) is 14.1. The molecule has 154 valence electrons. The number of amides is 1. The van der Waals surface area contributed by atoms with Gasteiger partial charge in [0.05, 0.1) is 14.2 Å². The number of carbonyl (C=O) groups excluding carboxylic acids is 1. The zero-order valence-electron chi connectivity index (χ0n) is 17.2. The minimum Gasteiger partial charge on any atom is -0.493 e. The molecule has 2 aromatic rings. The van der Waals surface area contributed by atoms with Crippen molar-refractivity contribution in [2.75, 3.05) is 58.9 Å². The summed E-state index contributed by atoms with van der Waals surface area (Å²) in [5.74, 6) is 2.22. The largest absolute Gasteiger partial charge is 0.493 e. The van der Waals surface area contributed by atoms with E-state index in [1.54, 1.807) is 20.3 Å². The van der Waals surface area contributed by atoms with Crippen molar-refractivity contribution in [3.63, 3.8) is 0 Å². The minimum absolute atomic E-state index is 0.0435. The molecule has 2 aliphatic rings. The van der Waals surface area contributed by atoms with Crippen LogP contribution in [0.4, 0.5) is 5.82 Å². The third-order valence-corrected chi connectivity index (χ3v) is 5.70. The number of ether oxygens (including phenoxy) is 2. The summed E-state index contributed by atoms with van der Waals surface area (Å²) in [6.07, 6.45) is 0.888. The summed E-state index contributed by atoms with van der Waals surface area (Å²) in [7, 11) is 5.37. The van der Waals surface area contributed by atoms with Crippen molar-refractivity contribution in [1.82, 2.24) is 20.0 Å². The predicted molar refractivity (Wildman–Crippen MR) is 110 cm³/mol. The van der Waals surface area contributed by atoms with E-state index in [1.165, 1.54) is 11.1 Å². The van der Waals surface area contributed by atoms with Gasteiger partial charge in [-0.2, -0.15) is 0 Å². The Morgan fingerprint density at radius 2 is 1.62 bits per heavy atom. The van der Waals surface area contributed by atoms with Crippen molar-refractivity contribution in [3.8, 4) is 11.5 Å². The molecule has 0 radical (unpaired) electrons. The van der Waals surface area contributed by atoms with Crippen molar-refractivity contribution in [3.05, 3.63) is 41.1 Å². The van der Waals surface area contributed by atoms with Gasteiger partial charge >= 0.3 is 0 Å². The molecule has 0 N–H and O–H groups in total. The first-order valence-corrected chi connectivity index (χ1v) is 9.89. The maximum atomic E-state index is 12.7. The fourth-order valence-corrected chi connectivity index (χ4v) is 3.86. The van der Waals surface area contributed by atoms with E-state index in [-0.39, 0.29) is 5.91 Å². The van der Waals surface area contributed by atoms with Crippen LogP contribution in [-0.2, 0) is 13.0 Å². The maximum absolute atomic E-state index is 12.7. The molecule has 3 heterocycles. The fourth-order valence-electron chi connectivity index (χ4n) is 3.86. The van der Waals surface area contributed by atoms with E-state index in [4.69, 9.17) is 9.47 Å². The van der Waals surface area contributed by atoms with Gasteiger partial charge in [0.1, 0.15) is 0 Å². The summed E-state index contributed by atoms with van der Waals surface area (Å²) < 4.78 is 10.8. The number of rotatable bonds is 4. The number of anilines is 1. The highest BCUT2D eigenvalue weighted by Gasteiger charge is 2.23. The van der Waals surface area contributed by atoms with E-state index in [2.05, 4.69) is 33.1 Å². The Bertz CT molecular complexity index is 879. The van der Waals surface area contributed by atoms with Gasteiger partial charge in [0.2, 0.25) is 0 Å². The number of piperazine rings is 1. The summed E-state index contributed by atoms with van der Waals surface area (Å²) in [5, 5.41) is 8.57. The van der Waals surface area contributed by atoms with Gasteiger partial charge in [-0.05, 0) is 48.9 Å². The molecule has 0 unspecified atom stereocenters. The molecular formula is C21H27N5O3. The van der Waals surface area contributed by atoms with E-state index in [0.29, 0.717) is 5.69 Å². The molecule has 1 aromatic heterocycles. The van der Waals surface area contributed by atoms with Crippen LogP contribution in [0.1, 0.15) is 21.6 Å².